The maximum Gasteiger partial charge on any atom is 0.309 e. The second-order valence-corrected chi connectivity index (χ2v) is 4.61. The third-order valence-electron chi connectivity index (χ3n) is 2.82. The number of methoxy groups -OCH3 is 1. The number of halogens is 3. The minimum atomic E-state index is -0.936. The molecule has 0 heterocycles. The van der Waals surface area contributed by atoms with E-state index in [-0.39, 0.29) is 18.4 Å². The normalized spacial score (nSPS) is 10.3. The summed E-state index contributed by atoms with van der Waals surface area (Å²) in [6.07, 6.45) is 0.552. The lowest BCUT2D eigenvalue weighted by molar-refractivity contribution is -0.139. The molecule has 0 aromatic heterocycles. The van der Waals surface area contributed by atoms with Crippen LogP contribution >= 0.6 is 22.6 Å². The molecule has 0 bridgehead atoms. The fraction of sp³-hybridized carbons (Fsp3) is 0.385. The first-order valence-corrected chi connectivity index (χ1v) is 7.05. The fourth-order valence-corrected chi connectivity index (χ4v) is 2.80. The summed E-state index contributed by atoms with van der Waals surface area (Å²) < 4.78 is 31.6. The second kappa shape index (κ2) is 7.52. The van der Waals surface area contributed by atoms with Gasteiger partial charge in [-0.3, -0.25) is 4.79 Å². The summed E-state index contributed by atoms with van der Waals surface area (Å²) in [6.45, 7) is -0.936. The lowest BCUT2D eigenvalue weighted by Crippen LogP contribution is -2.11. The van der Waals surface area contributed by atoms with E-state index < -0.39 is 18.5 Å². The zero-order valence-corrected chi connectivity index (χ0v) is 12.5. The van der Waals surface area contributed by atoms with Gasteiger partial charge in [-0.1, -0.05) is 22.6 Å². The van der Waals surface area contributed by atoms with Crippen LogP contribution in [0.1, 0.15) is 22.3 Å². The van der Waals surface area contributed by atoms with E-state index >= 15 is 0 Å². The molecule has 0 N–H and O–H groups in total. The van der Waals surface area contributed by atoms with E-state index in [9.17, 15) is 18.4 Å². The summed E-state index contributed by atoms with van der Waals surface area (Å²) in [5.41, 5.74) is 1.30. The first-order chi connectivity index (χ1) is 9.08. The van der Waals surface area contributed by atoms with E-state index in [0.29, 0.717) is 27.4 Å². The molecule has 0 amide bonds. The van der Waals surface area contributed by atoms with Crippen LogP contribution in [0.15, 0.2) is 6.07 Å². The molecule has 0 atom stereocenters. The third kappa shape index (κ3) is 3.71. The van der Waals surface area contributed by atoms with Crippen molar-refractivity contribution < 1.29 is 23.1 Å². The molecular formula is C13H13F2IO3. The monoisotopic (exact) mass is 382 g/mol. The van der Waals surface area contributed by atoms with Gasteiger partial charge in [0, 0.05) is 16.4 Å². The number of hydrogen-bond donors (Lipinski definition) is 0. The number of aldehydes is 1. The van der Waals surface area contributed by atoms with Crippen LogP contribution < -0.4 is 0 Å². The Hall–Kier alpha value is -1.05. The Balaban J connectivity index is 3.40. The molecule has 0 saturated carbocycles. The Bertz CT molecular complexity index is 489. The van der Waals surface area contributed by atoms with Crippen LogP contribution in [0.5, 0.6) is 0 Å². The highest BCUT2D eigenvalue weighted by Gasteiger charge is 2.19. The van der Waals surface area contributed by atoms with Gasteiger partial charge in [-0.2, -0.15) is 0 Å². The molecule has 19 heavy (non-hydrogen) atoms. The molecule has 104 valence electrons. The van der Waals surface area contributed by atoms with Crippen LogP contribution in [0.25, 0.3) is 0 Å². The van der Waals surface area contributed by atoms with Crippen molar-refractivity contribution in [1.82, 2.24) is 0 Å². The van der Waals surface area contributed by atoms with Crippen LogP contribution in [0.2, 0.25) is 0 Å². The van der Waals surface area contributed by atoms with Crippen molar-refractivity contribution in [2.75, 3.05) is 7.11 Å². The van der Waals surface area contributed by atoms with Crippen molar-refractivity contribution in [2.45, 2.75) is 23.9 Å². The van der Waals surface area contributed by atoms with Gasteiger partial charge in [-0.25, -0.2) is 8.78 Å². The molecule has 1 aromatic rings. The van der Waals surface area contributed by atoms with E-state index in [1.165, 1.54) is 7.11 Å². The largest absolute Gasteiger partial charge is 0.469 e. The molecule has 6 heteroatoms. The maximum atomic E-state index is 13.8. The number of ether oxygens (including phenoxy) is 1. The first kappa shape index (κ1) is 16.0. The van der Waals surface area contributed by atoms with E-state index in [1.54, 1.807) is 0 Å². The SMILES string of the molecule is COC(=O)Cc1cc(F)c(CF)c(CI)c1CC=O. The molecule has 0 saturated heterocycles. The summed E-state index contributed by atoms with van der Waals surface area (Å²) >= 11 is 1.98. The average Bonchev–Trinajstić information content (AvgIpc) is 2.40. The number of alkyl halides is 2. The predicted octanol–water partition coefficient (Wildman–Crippen LogP) is 2.69. The van der Waals surface area contributed by atoms with Gasteiger partial charge in [0.2, 0.25) is 0 Å². The van der Waals surface area contributed by atoms with Crippen LogP contribution in [-0.4, -0.2) is 19.4 Å². The van der Waals surface area contributed by atoms with Gasteiger partial charge in [0.15, 0.2) is 0 Å². The van der Waals surface area contributed by atoms with Gasteiger partial charge >= 0.3 is 5.97 Å². The summed E-state index contributed by atoms with van der Waals surface area (Å²) in [6, 6.07) is 1.11. The standard InChI is InChI=1S/C13H13F2IO3/c1-19-13(18)5-8-4-12(15)10(6-14)11(7-16)9(8)2-3-17/h3-4H,2,5-7H2,1H3. The van der Waals surface area contributed by atoms with Crippen LogP contribution in [0, 0.1) is 5.82 Å². The Labute approximate surface area is 123 Å². The number of carbonyl (C=O) groups is 2. The lowest BCUT2D eigenvalue weighted by atomic mass is 9.93. The van der Waals surface area contributed by atoms with Gasteiger partial charge in [-0.15, -0.1) is 0 Å². The first-order valence-electron chi connectivity index (χ1n) is 5.53. The average molecular weight is 382 g/mol. The highest BCUT2D eigenvalue weighted by Crippen LogP contribution is 2.27. The molecule has 1 rings (SSSR count). The molecule has 0 radical (unpaired) electrons. The Morgan fingerprint density at radius 2 is 2.11 bits per heavy atom. The summed E-state index contributed by atoms with van der Waals surface area (Å²) in [4.78, 5) is 22.0. The molecule has 0 fully saturated rings. The van der Waals surface area contributed by atoms with E-state index in [1.807, 2.05) is 22.6 Å². The van der Waals surface area contributed by atoms with Gasteiger partial charge in [0.25, 0.3) is 0 Å². The molecule has 0 aliphatic rings. The number of rotatable bonds is 6. The summed E-state index contributed by atoms with van der Waals surface area (Å²) in [5, 5.41) is 0. The van der Waals surface area contributed by atoms with E-state index in [0.717, 1.165) is 6.07 Å². The van der Waals surface area contributed by atoms with Crippen molar-refractivity contribution in [1.29, 1.82) is 0 Å². The quantitative estimate of drug-likeness (QED) is 0.329. The Morgan fingerprint density at radius 3 is 2.58 bits per heavy atom. The molecule has 0 aliphatic carbocycles. The van der Waals surface area contributed by atoms with Crippen molar-refractivity contribution in [2.24, 2.45) is 0 Å². The van der Waals surface area contributed by atoms with Crippen molar-refractivity contribution in [3.05, 3.63) is 34.1 Å². The van der Waals surface area contributed by atoms with Crippen molar-refractivity contribution in [3.8, 4) is 0 Å². The Kier molecular flexibility index (Phi) is 6.33. The molecule has 0 unspecified atom stereocenters. The minimum absolute atomic E-state index is 0.0257. The highest BCUT2D eigenvalue weighted by atomic mass is 127. The summed E-state index contributed by atoms with van der Waals surface area (Å²) in [5.74, 6) is -1.22. The van der Waals surface area contributed by atoms with Gasteiger partial charge < -0.3 is 9.53 Å². The zero-order valence-electron chi connectivity index (χ0n) is 10.3. The van der Waals surface area contributed by atoms with E-state index in [4.69, 9.17) is 0 Å². The number of benzene rings is 1. The van der Waals surface area contributed by atoms with Crippen LogP contribution in [0.4, 0.5) is 8.78 Å². The maximum absolute atomic E-state index is 13.8. The smallest absolute Gasteiger partial charge is 0.309 e. The fourth-order valence-electron chi connectivity index (χ4n) is 1.88. The second-order valence-electron chi connectivity index (χ2n) is 3.84. The van der Waals surface area contributed by atoms with Gasteiger partial charge in [-0.05, 0) is 22.8 Å². The van der Waals surface area contributed by atoms with E-state index in [2.05, 4.69) is 4.74 Å². The summed E-state index contributed by atoms with van der Waals surface area (Å²) in [7, 11) is 1.23. The van der Waals surface area contributed by atoms with Crippen molar-refractivity contribution in [3.63, 3.8) is 0 Å². The number of hydrogen-bond acceptors (Lipinski definition) is 3. The molecule has 0 spiro atoms. The highest BCUT2D eigenvalue weighted by molar-refractivity contribution is 14.1. The van der Waals surface area contributed by atoms with Gasteiger partial charge in [0.05, 0.1) is 13.5 Å². The topological polar surface area (TPSA) is 43.4 Å². The Morgan fingerprint density at radius 1 is 1.42 bits per heavy atom. The van der Waals surface area contributed by atoms with Gasteiger partial charge in [0.1, 0.15) is 18.8 Å². The molecule has 1 aromatic carbocycles. The number of carbonyl (C=O) groups excluding carboxylic acids is 2. The van der Waals surface area contributed by atoms with Crippen LogP contribution in [0.3, 0.4) is 0 Å². The molecular weight excluding hydrogens is 369 g/mol. The zero-order chi connectivity index (χ0) is 14.4. The lowest BCUT2D eigenvalue weighted by Gasteiger charge is -2.15. The minimum Gasteiger partial charge on any atom is -0.469 e. The predicted molar refractivity (Wildman–Crippen MR) is 74.4 cm³/mol. The number of esters is 1. The molecule has 3 nitrogen and oxygen atoms in total. The third-order valence-corrected chi connectivity index (χ3v) is 3.59. The molecule has 0 aliphatic heterocycles. The van der Waals surface area contributed by atoms with Crippen molar-refractivity contribution >= 4 is 34.8 Å². The van der Waals surface area contributed by atoms with Crippen LogP contribution in [-0.2, 0) is 38.3 Å².